The third-order valence-corrected chi connectivity index (χ3v) is 2.14. The van der Waals surface area contributed by atoms with E-state index < -0.39 is 17.7 Å². The van der Waals surface area contributed by atoms with Crippen LogP contribution in [-0.4, -0.2) is 0 Å². The molecule has 0 spiro atoms. The zero-order chi connectivity index (χ0) is 10.0. The standard InChI is InChI=1S/C10H13F2N/c1-3-8(13)7-5-4-6(2)9(11)10(7)12/h4-5,8H,3,13H2,1-2H3/t8-/m1/s1. The predicted octanol–water partition coefficient (Wildman–Crippen LogP) is 2.68. The molecule has 0 heterocycles. The van der Waals surface area contributed by atoms with Crippen LogP contribution in [0.4, 0.5) is 8.78 Å². The van der Waals surface area contributed by atoms with Crippen molar-refractivity contribution >= 4 is 0 Å². The first-order valence-corrected chi connectivity index (χ1v) is 4.28. The van der Waals surface area contributed by atoms with Crippen molar-refractivity contribution < 1.29 is 8.78 Å². The third kappa shape index (κ3) is 1.86. The molecule has 0 saturated heterocycles. The highest BCUT2D eigenvalue weighted by molar-refractivity contribution is 5.27. The van der Waals surface area contributed by atoms with E-state index in [0.29, 0.717) is 12.0 Å². The normalized spacial score (nSPS) is 13.0. The van der Waals surface area contributed by atoms with Crippen LogP contribution < -0.4 is 5.73 Å². The number of hydrogen-bond donors (Lipinski definition) is 1. The first-order valence-electron chi connectivity index (χ1n) is 4.28. The zero-order valence-corrected chi connectivity index (χ0v) is 7.77. The number of benzene rings is 1. The van der Waals surface area contributed by atoms with Crippen molar-refractivity contribution in [1.29, 1.82) is 0 Å². The van der Waals surface area contributed by atoms with Gasteiger partial charge < -0.3 is 5.73 Å². The summed E-state index contributed by atoms with van der Waals surface area (Å²) in [7, 11) is 0. The van der Waals surface area contributed by atoms with Crippen molar-refractivity contribution in [2.24, 2.45) is 5.73 Å². The van der Waals surface area contributed by atoms with Crippen LogP contribution in [0.2, 0.25) is 0 Å². The average molecular weight is 185 g/mol. The molecule has 0 fully saturated rings. The van der Waals surface area contributed by atoms with Crippen LogP contribution in [0.1, 0.15) is 30.5 Å². The quantitative estimate of drug-likeness (QED) is 0.753. The number of rotatable bonds is 2. The summed E-state index contributed by atoms with van der Waals surface area (Å²) in [6.45, 7) is 3.36. The van der Waals surface area contributed by atoms with Gasteiger partial charge in [-0.3, -0.25) is 0 Å². The molecule has 1 aromatic carbocycles. The fourth-order valence-corrected chi connectivity index (χ4v) is 1.17. The summed E-state index contributed by atoms with van der Waals surface area (Å²) < 4.78 is 26.3. The van der Waals surface area contributed by atoms with E-state index in [1.165, 1.54) is 6.92 Å². The van der Waals surface area contributed by atoms with Gasteiger partial charge in [-0.15, -0.1) is 0 Å². The van der Waals surface area contributed by atoms with Gasteiger partial charge in [-0.1, -0.05) is 19.1 Å². The first kappa shape index (κ1) is 10.1. The van der Waals surface area contributed by atoms with Gasteiger partial charge in [-0.25, -0.2) is 8.78 Å². The molecule has 0 aliphatic heterocycles. The molecular weight excluding hydrogens is 172 g/mol. The molecule has 1 atom stereocenters. The summed E-state index contributed by atoms with van der Waals surface area (Å²) in [5.74, 6) is -1.60. The lowest BCUT2D eigenvalue weighted by molar-refractivity contribution is 0.481. The highest BCUT2D eigenvalue weighted by Crippen LogP contribution is 2.21. The molecule has 2 N–H and O–H groups in total. The molecule has 72 valence electrons. The van der Waals surface area contributed by atoms with Crippen LogP contribution in [0, 0.1) is 18.6 Å². The van der Waals surface area contributed by atoms with E-state index >= 15 is 0 Å². The molecule has 0 aliphatic carbocycles. The van der Waals surface area contributed by atoms with Crippen molar-refractivity contribution in [3.05, 3.63) is 34.9 Å². The summed E-state index contributed by atoms with van der Waals surface area (Å²) in [5, 5.41) is 0. The van der Waals surface area contributed by atoms with Crippen molar-refractivity contribution in [2.45, 2.75) is 26.3 Å². The van der Waals surface area contributed by atoms with Gasteiger partial charge in [0.15, 0.2) is 11.6 Å². The van der Waals surface area contributed by atoms with E-state index in [0.717, 1.165) is 0 Å². The lowest BCUT2D eigenvalue weighted by atomic mass is 10.0. The molecule has 0 aliphatic rings. The molecule has 0 bridgehead atoms. The number of hydrogen-bond acceptors (Lipinski definition) is 1. The molecule has 3 heteroatoms. The van der Waals surface area contributed by atoms with Crippen LogP contribution >= 0.6 is 0 Å². The highest BCUT2D eigenvalue weighted by Gasteiger charge is 2.14. The third-order valence-electron chi connectivity index (χ3n) is 2.14. The minimum Gasteiger partial charge on any atom is -0.324 e. The molecule has 0 radical (unpaired) electrons. The summed E-state index contributed by atoms with van der Waals surface area (Å²) >= 11 is 0. The van der Waals surface area contributed by atoms with Gasteiger partial charge in [0.2, 0.25) is 0 Å². The Labute approximate surface area is 76.6 Å². The van der Waals surface area contributed by atoms with E-state index in [9.17, 15) is 8.78 Å². The Hall–Kier alpha value is -0.960. The molecular formula is C10H13F2N. The summed E-state index contributed by atoms with van der Waals surface area (Å²) in [6, 6.07) is 2.67. The Morgan fingerprint density at radius 1 is 1.31 bits per heavy atom. The minimum absolute atomic E-state index is 0.255. The van der Waals surface area contributed by atoms with Gasteiger partial charge in [0, 0.05) is 11.6 Å². The van der Waals surface area contributed by atoms with Crippen molar-refractivity contribution in [3.63, 3.8) is 0 Å². The maximum absolute atomic E-state index is 13.2. The van der Waals surface area contributed by atoms with Gasteiger partial charge >= 0.3 is 0 Å². The van der Waals surface area contributed by atoms with Crippen molar-refractivity contribution in [3.8, 4) is 0 Å². The Morgan fingerprint density at radius 3 is 2.46 bits per heavy atom. The van der Waals surface area contributed by atoms with Crippen LogP contribution in [0.15, 0.2) is 12.1 Å². The highest BCUT2D eigenvalue weighted by atomic mass is 19.2. The second-order valence-electron chi connectivity index (χ2n) is 3.11. The summed E-state index contributed by atoms with van der Waals surface area (Å²) in [4.78, 5) is 0. The van der Waals surface area contributed by atoms with E-state index in [1.54, 1.807) is 12.1 Å². The Kier molecular flexibility index (Phi) is 2.98. The van der Waals surface area contributed by atoms with Crippen molar-refractivity contribution in [2.75, 3.05) is 0 Å². The lowest BCUT2D eigenvalue weighted by Crippen LogP contribution is -2.12. The van der Waals surface area contributed by atoms with Crippen LogP contribution in [-0.2, 0) is 0 Å². The van der Waals surface area contributed by atoms with Crippen LogP contribution in [0.25, 0.3) is 0 Å². The van der Waals surface area contributed by atoms with Gasteiger partial charge in [0.25, 0.3) is 0 Å². The zero-order valence-electron chi connectivity index (χ0n) is 7.77. The largest absolute Gasteiger partial charge is 0.324 e. The van der Waals surface area contributed by atoms with E-state index in [2.05, 4.69) is 0 Å². The Morgan fingerprint density at radius 2 is 1.92 bits per heavy atom. The fraction of sp³-hybridized carbons (Fsp3) is 0.400. The minimum atomic E-state index is -0.811. The second-order valence-corrected chi connectivity index (χ2v) is 3.11. The smallest absolute Gasteiger partial charge is 0.163 e. The van der Waals surface area contributed by atoms with Gasteiger partial charge in [0.05, 0.1) is 0 Å². The maximum atomic E-state index is 13.2. The SMILES string of the molecule is CC[C@@H](N)c1ccc(C)c(F)c1F. The number of aryl methyl sites for hydroxylation is 1. The van der Waals surface area contributed by atoms with Gasteiger partial charge in [0.1, 0.15) is 0 Å². The van der Waals surface area contributed by atoms with Gasteiger partial charge in [-0.2, -0.15) is 0 Å². The molecule has 1 nitrogen and oxygen atoms in total. The van der Waals surface area contributed by atoms with Crippen LogP contribution in [0.3, 0.4) is 0 Å². The first-order chi connectivity index (χ1) is 6.07. The molecule has 1 aromatic rings. The molecule has 1 rings (SSSR count). The van der Waals surface area contributed by atoms with Crippen LogP contribution in [0.5, 0.6) is 0 Å². The van der Waals surface area contributed by atoms with E-state index in [-0.39, 0.29) is 5.56 Å². The molecule has 0 saturated carbocycles. The number of halogens is 2. The maximum Gasteiger partial charge on any atom is 0.163 e. The average Bonchev–Trinajstić information content (AvgIpc) is 2.13. The number of nitrogens with two attached hydrogens (primary N) is 1. The molecule has 0 amide bonds. The predicted molar refractivity (Wildman–Crippen MR) is 48.3 cm³/mol. The molecule has 13 heavy (non-hydrogen) atoms. The Bertz CT molecular complexity index is 310. The molecule has 0 unspecified atom stereocenters. The molecule has 0 aromatic heterocycles. The summed E-state index contributed by atoms with van der Waals surface area (Å²) in [6.07, 6.45) is 0.597. The van der Waals surface area contributed by atoms with E-state index in [4.69, 9.17) is 5.73 Å². The lowest BCUT2D eigenvalue weighted by Gasteiger charge is -2.11. The summed E-state index contributed by atoms with van der Waals surface area (Å²) in [5.41, 5.74) is 6.17. The Balaban J connectivity index is 3.18. The van der Waals surface area contributed by atoms with Gasteiger partial charge in [-0.05, 0) is 18.9 Å². The monoisotopic (exact) mass is 185 g/mol. The fourth-order valence-electron chi connectivity index (χ4n) is 1.17. The van der Waals surface area contributed by atoms with Crippen molar-refractivity contribution in [1.82, 2.24) is 0 Å². The second kappa shape index (κ2) is 3.83. The van der Waals surface area contributed by atoms with E-state index in [1.807, 2.05) is 6.92 Å². The topological polar surface area (TPSA) is 26.0 Å².